The molecular formula is C14H19BN2O3. The minimum absolute atomic E-state index is 0.250. The first kappa shape index (κ1) is 14.8. The van der Waals surface area contributed by atoms with Gasteiger partial charge in [0.1, 0.15) is 0 Å². The zero-order valence-corrected chi connectivity index (χ0v) is 12.6. The largest absolute Gasteiger partial charge is 0.500 e. The summed E-state index contributed by atoms with van der Waals surface area (Å²) in [5.74, 6) is 0.441. The topological polar surface area (TPSA) is 64.4 Å². The van der Waals surface area contributed by atoms with E-state index in [9.17, 15) is 0 Å². The minimum atomic E-state index is -0.515. The highest BCUT2D eigenvalue weighted by atomic mass is 16.7. The third-order valence-electron chi connectivity index (χ3n) is 3.91. The van der Waals surface area contributed by atoms with Crippen molar-refractivity contribution in [1.82, 2.24) is 4.98 Å². The second kappa shape index (κ2) is 5.08. The van der Waals surface area contributed by atoms with Crippen molar-refractivity contribution in [2.45, 2.75) is 45.3 Å². The second-order valence-corrected chi connectivity index (χ2v) is 5.82. The zero-order chi connectivity index (χ0) is 15.0. The summed E-state index contributed by atoms with van der Waals surface area (Å²) in [5, 5.41) is 8.72. The van der Waals surface area contributed by atoms with Gasteiger partial charge in [-0.05, 0) is 33.8 Å². The fourth-order valence-electron chi connectivity index (χ4n) is 1.98. The van der Waals surface area contributed by atoms with Crippen molar-refractivity contribution in [3.63, 3.8) is 0 Å². The summed E-state index contributed by atoms with van der Waals surface area (Å²) in [7, 11) is 1.03. The van der Waals surface area contributed by atoms with Crippen LogP contribution in [0.3, 0.4) is 0 Å². The van der Waals surface area contributed by atoms with E-state index in [2.05, 4.69) is 11.1 Å². The van der Waals surface area contributed by atoms with Gasteiger partial charge in [0.25, 0.3) is 0 Å². The van der Waals surface area contributed by atoms with E-state index in [0.717, 1.165) is 5.46 Å². The maximum atomic E-state index is 8.72. The third-order valence-corrected chi connectivity index (χ3v) is 3.91. The number of hydrogen-bond acceptors (Lipinski definition) is 5. The lowest BCUT2D eigenvalue weighted by Crippen LogP contribution is -2.41. The molecule has 1 aromatic rings. The van der Waals surface area contributed by atoms with Crippen LogP contribution in [0.4, 0.5) is 0 Å². The highest BCUT2D eigenvalue weighted by Gasteiger charge is 2.52. The van der Waals surface area contributed by atoms with Gasteiger partial charge in [0.05, 0.1) is 36.5 Å². The van der Waals surface area contributed by atoms with Gasteiger partial charge in [0, 0.05) is 5.46 Å². The quantitative estimate of drug-likeness (QED) is 0.781. The molecule has 1 aliphatic heterocycles. The van der Waals surface area contributed by atoms with Crippen LogP contribution in [-0.4, -0.2) is 30.4 Å². The van der Waals surface area contributed by atoms with E-state index in [-0.39, 0.29) is 6.42 Å². The van der Waals surface area contributed by atoms with Crippen LogP contribution in [0.15, 0.2) is 12.1 Å². The monoisotopic (exact) mass is 274 g/mol. The Hall–Kier alpha value is -1.58. The zero-order valence-electron chi connectivity index (χ0n) is 12.6. The van der Waals surface area contributed by atoms with Crippen molar-refractivity contribution in [1.29, 1.82) is 5.26 Å². The molecule has 1 fully saturated rings. The minimum Gasteiger partial charge on any atom is -0.481 e. The van der Waals surface area contributed by atoms with E-state index in [4.69, 9.17) is 19.3 Å². The van der Waals surface area contributed by atoms with E-state index >= 15 is 0 Å². The van der Waals surface area contributed by atoms with Gasteiger partial charge in [-0.2, -0.15) is 5.26 Å². The number of nitrogens with zero attached hydrogens (tertiary/aromatic N) is 2. The molecule has 0 bridgehead atoms. The number of pyridine rings is 1. The predicted octanol–water partition coefficient (Wildman–Crippen LogP) is 1.46. The van der Waals surface area contributed by atoms with Gasteiger partial charge >= 0.3 is 7.12 Å². The smallest absolute Gasteiger partial charge is 0.481 e. The normalized spacial score (nSPS) is 19.7. The predicted molar refractivity (Wildman–Crippen MR) is 75.8 cm³/mol. The molecule has 0 saturated carbocycles. The van der Waals surface area contributed by atoms with Crippen molar-refractivity contribution >= 4 is 12.6 Å². The van der Waals surface area contributed by atoms with Crippen molar-refractivity contribution in [3.05, 3.63) is 17.8 Å². The Balaban J connectivity index is 2.33. The molecule has 106 valence electrons. The van der Waals surface area contributed by atoms with Crippen LogP contribution in [-0.2, 0) is 15.7 Å². The van der Waals surface area contributed by atoms with Gasteiger partial charge in [-0.25, -0.2) is 4.98 Å². The molecule has 0 atom stereocenters. The van der Waals surface area contributed by atoms with Gasteiger partial charge < -0.3 is 14.0 Å². The standard InChI is InChI=1S/C14H19BN2O3/c1-13(2)14(3,4)20-15(19-13)11-7-6-10(8-9-16)17-12(11)18-5/h6-7H,8H2,1-5H3. The van der Waals surface area contributed by atoms with Gasteiger partial charge in [0.2, 0.25) is 5.88 Å². The molecule has 1 aromatic heterocycles. The number of aromatic nitrogens is 1. The summed E-state index contributed by atoms with van der Waals surface area (Å²) in [6, 6.07) is 5.72. The number of hydrogen-bond donors (Lipinski definition) is 0. The van der Waals surface area contributed by atoms with E-state index < -0.39 is 18.3 Å². The van der Waals surface area contributed by atoms with Gasteiger partial charge in [0.15, 0.2) is 0 Å². The third kappa shape index (κ3) is 2.51. The van der Waals surface area contributed by atoms with Crippen molar-refractivity contribution in [2.75, 3.05) is 7.11 Å². The Morgan fingerprint density at radius 3 is 2.35 bits per heavy atom. The van der Waals surface area contributed by atoms with Gasteiger partial charge in [-0.3, -0.25) is 0 Å². The summed E-state index contributed by atoms with van der Waals surface area (Å²) in [6.45, 7) is 7.99. The molecule has 0 unspecified atom stereocenters. The Kier molecular flexibility index (Phi) is 3.76. The molecule has 5 nitrogen and oxygen atoms in total. The van der Waals surface area contributed by atoms with Crippen LogP contribution in [0.2, 0.25) is 0 Å². The second-order valence-electron chi connectivity index (χ2n) is 5.82. The molecular weight excluding hydrogens is 255 g/mol. The van der Waals surface area contributed by atoms with Gasteiger partial charge in [-0.1, -0.05) is 6.07 Å². The van der Waals surface area contributed by atoms with Crippen molar-refractivity contribution in [2.24, 2.45) is 0 Å². The fourth-order valence-corrected chi connectivity index (χ4v) is 1.98. The molecule has 0 aliphatic carbocycles. The maximum absolute atomic E-state index is 8.72. The van der Waals surface area contributed by atoms with Crippen LogP contribution >= 0.6 is 0 Å². The summed E-state index contributed by atoms with van der Waals surface area (Å²) < 4.78 is 17.3. The molecule has 2 heterocycles. The lowest BCUT2D eigenvalue weighted by Gasteiger charge is -2.32. The SMILES string of the molecule is COc1nc(CC#N)ccc1B1OC(C)(C)C(C)(C)O1. The van der Waals surface area contributed by atoms with E-state index in [1.807, 2.05) is 33.8 Å². The van der Waals surface area contributed by atoms with Crippen molar-refractivity contribution in [3.8, 4) is 11.9 Å². The molecule has 20 heavy (non-hydrogen) atoms. The number of nitriles is 1. The van der Waals surface area contributed by atoms with E-state index in [1.165, 1.54) is 0 Å². The average Bonchev–Trinajstić information content (AvgIpc) is 2.58. The Morgan fingerprint density at radius 2 is 1.85 bits per heavy atom. The first-order valence-electron chi connectivity index (χ1n) is 6.57. The lowest BCUT2D eigenvalue weighted by molar-refractivity contribution is 0.00578. The molecule has 0 aromatic carbocycles. The maximum Gasteiger partial charge on any atom is 0.500 e. The first-order chi connectivity index (χ1) is 9.30. The Bertz CT molecular complexity index is 536. The van der Waals surface area contributed by atoms with Crippen LogP contribution in [0, 0.1) is 11.3 Å². The molecule has 1 saturated heterocycles. The Morgan fingerprint density at radius 1 is 1.25 bits per heavy atom. The first-order valence-corrected chi connectivity index (χ1v) is 6.57. The highest BCUT2D eigenvalue weighted by molar-refractivity contribution is 6.63. The molecule has 0 radical (unpaired) electrons. The van der Waals surface area contributed by atoms with E-state index in [1.54, 1.807) is 13.2 Å². The molecule has 0 spiro atoms. The van der Waals surface area contributed by atoms with E-state index in [0.29, 0.717) is 11.6 Å². The molecule has 0 amide bonds. The van der Waals surface area contributed by atoms with Crippen LogP contribution in [0.1, 0.15) is 33.4 Å². The van der Waals surface area contributed by atoms with Gasteiger partial charge in [-0.15, -0.1) is 0 Å². The van der Waals surface area contributed by atoms with Crippen molar-refractivity contribution < 1.29 is 14.0 Å². The number of methoxy groups -OCH3 is 1. The summed E-state index contributed by atoms with van der Waals surface area (Å²) in [4.78, 5) is 4.32. The van der Waals surface area contributed by atoms with Crippen LogP contribution < -0.4 is 10.2 Å². The number of ether oxygens (including phenoxy) is 1. The summed E-state index contributed by atoms with van der Waals surface area (Å²) in [6.07, 6.45) is 0.250. The van der Waals surface area contributed by atoms with Crippen LogP contribution in [0.5, 0.6) is 5.88 Å². The summed E-state index contributed by atoms with van der Waals surface area (Å²) in [5.41, 5.74) is 0.597. The Labute approximate surface area is 120 Å². The number of rotatable bonds is 3. The van der Waals surface area contributed by atoms with Crippen LogP contribution in [0.25, 0.3) is 0 Å². The average molecular weight is 274 g/mol. The summed E-state index contributed by atoms with van der Waals surface area (Å²) >= 11 is 0. The molecule has 6 heteroatoms. The lowest BCUT2D eigenvalue weighted by atomic mass is 9.79. The molecule has 2 rings (SSSR count). The molecule has 1 aliphatic rings. The highest BCUT2D eigenvalue weighted by Crippen LogP contribution is 2.37. The molecule has 0 N–H and O–H groups in total. The fraction of sp³-hybridized carbons (Fsp3) is 0.571.